The van der Waals surface area contributed by atoms with Crippen LogP contribution in [0.5, 0.6) is 0 Å². The minimum absolute atomic E-state index is 0.215. The number of H-pyrrole nitrogens is 1. The Hall–Kier alpha value is -4.05. The Bertz CT molecular complexity index is 2370. The molecule has 0 saturated heterocycles. The van der Waals surface area contributed by atoms with Gasteiger partial charge in [-0.3, -0.25) is 0 Å². The standard InChI is InChI=1S/C43H32BrNS/c1-43(24-25-10-3-2-4-11-25)35-22-26(28-15-9-16-32-29-12-7-8-17-37(29)46-42(28)32)18-20-33(35)38-30-13-5-6-14-31(30)39-34-23-27(44)19-21-36(34)45-41(39)40(38)43/h2-5,7-13,15,17-23,32,45H,6,14,16,24H2,1H3. The lowest BCUT2D eigenvalue weighted by molar-refractivity contribution is 0.586. The zero-order valence-electron chi connectivity index (χ0n) is 25.7. The van der Waals surface area contributed by atoms with Crippen molar-refractivity contribution in [3.8, 4) is 11.1 Å². The van der Waals surface area contributed by atoms with Gasteiger partial charge in [0.2, 0.25) is 0 Å². The Morgan fingerprint density at radius 2 is 1.78 bits per heavy atom. The number of aryl methyl sites for hydroxylation is 1. The molecular weight excluding hydrogens is 642 g/mol. The lowest BCUT2D eigenvalue weighted by Crippen LogP contribution is -2.25. The first-order valence-electron chi connectivity index (χ1n) is 16.4. The summed E-state index contributed by atoms with van der Waals surface area (Å²) in [6.07, 6.45) is 13.8. The van der Waals surface area contributed by atoms with Gasteiger partial charge in [-0.1, -0.05) is 120 Å². The lowest BCUT2D eigenvalue weighted by atomic mass is 9.73. The minimum atomic E-state index is -0.215. The van der Waals surface area contributed by atoms with Gasteiger partial charge in [0.15, 0.2) is 0 Å². The molecule has 0 fully saturated rings. The van der Waals surface area contributed by atoms with Gasteiger partial charge in [-0.05, 0) is 112 Å². The number of benzene rings is 5. The number of hydrogen-bond donors (Lipinski definition) is 1. The van der Waals surface area contributed by atoms with Crippen LogP contribution in [0.4, 0.5) is 0 Å². The third-order valence-electron chi connectivity index (χ3n) is 10.9. The van der Waals surface area contributed by atoms with E-state index in [-0.39, 0.29) is 5.41 Å². The molecule has 2 unspecified atom stereocenters. The maximum atomic E-state index is 3.98. The fourth-order valence-electron chi connectivity index (χ4n) is 8.93. The van der Waals surface area contributed by atoms with E-state index in [0.29, 0.717) is 5.92 Å². The summed E-state index contributed by atoms with van der Waals surface area (Å²) in [6.45, 7) is 2.51. The molecule has 10 rings (SSSR count). The highest BCUT2D eigenvalue weighted by atomic mass is 79.9. The van der Waals surface area contributed by atoms with E-state index in [1.54, 1.807) is 0 Å². The summed E-state index contributed by atoms with van der Waals surface area (Å²) >= 11 is 5.77. The van der Waals surface area contributed by atoms with Gasteiger partial charge in [-0.2, -0.15) is 0 Å². The van der Waals surface area contributed by atoms with E-state index >= 15 is 0 Å². The quantitative estimate of drug-likeness (QED) is 0.198. The van der Waals surface area contributed by atoms with E-state index in [1.165, 1.54) is 87.3 Å². The Kier molecular flexibility index (Phi) is 5.88. The molecular formula is C43H32BrNS. The van der Waals surface area contributed by atoms with Gasteiger partial charge in [-0.25, -0.2) is 0 Å². The molecule has 222 valence electrons. The van der Waals surface area contributed by atoms with Crippen LogP contribution in [-0.4, -0.2) is 4.98 Å². The van der Waals surface area contributed by atoms with E-state index in [0.717, 1.165) is 30.2 Å². The van der Waals surface area contributed by atoms with Gasteiger partial charge >= 0.3 is 0 Å². The first-order valence-corrected chi connectivity index (χ1v) is 18.0. The van der Waals surface area contributed by atoms with Crippen LogP contribution in [0.25, 0.3) is 44.6 Å². The van der Waals surface area contributed by atoms with Gasteiger partial charge in [0, 0.05) is 41.9 Å². The molecule has 1 nitrogen and oxygen atoms in total. The van der Waals surface area contributed by atoms with Crippen molar-refractivity contribution >= 4 is 61.1 Å². The van der Waals surface area contributed by atoms with E-state index in [1.807, 2.05) is 11.8 Å². The average molecular weight is 675 g/mol. The summed E-state index contributed by atoms with van der Waals surface area (Å²) in [5, 5.41) is 2.73. The molecule has 2 atom stereocenters. The summed E-state index contributed by atoms with van der Waals surface area (Å²) in [6, 6.07) is 34.2. The number of rotatable bonds is 3. The van der Waals surface area contributed by atoms with Crippen molar-refractivity contribution < 1.29 is 0 Å². The number of thioether (sulfide) groups is 1. The molecule has 0 amide bonds. The van der Waals surface area contributed by atoms with Crippen LogP contribution in [-0.2, 0) is 18.3 Å². The first-order chi connectivity index (χ1) is 22.6. The highest BCUT2D eigenvalue weighted by Crippen LogP contribution is 2.59. The van der Waals surface area contributed by atoms with Crippen LogP contribution in [0, 0.1) is 0 Å². The highest BCUT2D eigenvalue weighted by Gasteiger charge is 2.44. The fourth-order valence-corrected chi connectivity index (χ4v) is 10.7. The number of allylic oxidation sites excluding steroid dienone is 5. The molecule has 0 bridgehead atoms. The summed E-state index contributed by atoms with van der Waals surface area (Å²) in [4.78, 5) is 6.90. The molecule has 1 aromatic heterocycles. The Balaban J connectivity index is 1.26. The SMILES string of the molecule is CC1(Cc2ccccc2)c2cc(C3=C4Sc5ccccc5C4CC=C3)ccc2-c2c3c(c4c([nH]c5ccc(Br)cc54)c21)CCC=C3. The number of aromatic nitrogens is 1. The van der Waals surface area contributed by atoms with Crippen molar-refractivity contribution in [2.24, 2.45) is 0 Å². The zero-order chi connectivity index (χ0) is 30.6. The van der Waals surface area contributed by atoms with Crippen molar-refractivity contribution in [2.45, 2.75) is 48.8 Å². The highest BCUT2D eigenvalue weighted by molar-refractivity contribution is 9.10. The number of hydrogen-bond acceptors (Lipinski definition) is 1. The monoisotopic (exact) mass is 673 g/mol. The second-order valence-electron chi connectivity index (χ2n) is 13.5. The van der Waals surface area contributed by atoms with Crippen LogP contribution in [0.2, 0.25) is 0 Å². The molecule has 0 spiro atoms. The normalized spacial score (nSPS) is 20.6. The summed E-state index contributed by atoms with van der Waals surface area (Å²) in [7, 11) is 0. The van der Waals surface area contributed by atoms with Crippen molar-refractivity contribution in [1.29, 1.82) is 0 Å². The second kappa shape index (κ2) is 9.97. The smallest absolute Gasteiger partial charge is 0.0516 e. The number of fused-ring (bicyclic) bond motifs is 13. The van der Waals surface area contributed by atoms with E-state index < -0.39 is 0 Å². The second-order valence-corrected chi connectivity index (χ2v) is 15.5. The van der Waals surface area contributed by atoms with E-state index in [4.69, 9.17) is 0 Å². The third kappa shape index (κ3) is 3.76. The predicted octanol–water partition coefficient (Wildman–Crippen LogP) is 12.1. The Labute approximate surface area is 282 Å². The van der Waals surface area contributed by atoms with Crippen LogP contribution >= 0.6 is 27.7 Å². The van der Waals surface area contributed by atoms with Crippen molar-refractivity contribution in [1.82, 2.24) is 4.98 Å². The molecule has 1 aliphatic heterocycles. The number of nitrogens with one attached hydrogen (secondary N) is 1. The van der Waals surface area contributed by atoms with Crippen molar-refractivity contribution in [3.05, 3.63) is 158 Å². The molecule has 3 heteroatoms. The summed E-state index contributed by atoms with van der Waals surface area (Å²) in [5.41, 5.74) is 16.5. The van der Waals surface area contributed by atoms with Crippen molar-refractivity contribution in [2.75, 3.05) is 0 Å². The van der Waals surface area contributed by atoms with Gasteiger partial charge in [-0.15, -0.1) is 0 Å². The molecule has 5 aromatic carbocycles. The molecule has 2 heterocycles. The topological polar surface area (TPSA) is 15.8 Å². The molecule has 46 heavy (non-hydrogen) atoms. The van der Waals surface area contributed by atoms with E-state index in [2.05, 4.69) is 143 Å². The average Bonchev–Trinajstić information content (AvgIpc) is 3.73. The molecule has 3 aliphatic carbocycles. The largest absolute Gasteiger partial charge is 0.354 e. The molecule has 0 radical (unpaired) electrons. The fraction of sp³-hybridized carbons (Fsp3) is 0.163. The maximum absolute atomic E-state index is 3.98. The van der Waals surface area contributed by atoms with Crippen LogP contribution in [0.15, 0.2) is 123 Å². The molecule has 4 aliphatic rings. The van der Waals surface area contributed by atoms with Gasteiger partial charge < -0.3 is 4.98 Å². The minimum Gasteiger partial charge on any atom is -0.354 e. The van der Waals surface area contributed by atoms with Gasteiger partial charge in [0.1, 0.15) is 0 Å². The lowest BCUT2D eigenvalue weighted by Gasteiger charge is -2.30. The number of halogens is 1. The van der Waals surface area contributed by atoms with Crippen LogP contribution < -0.4 is 0 Å². The predicted molar refractivity (Wildman–Crippen MR) is 199 cm³/mol. The van der Waals surface area contributed by atoms with Crippen LogP contribution in [0.1, 0.15) is 64.6 Å². The molecule has 6 aromatic rings. The van der Waals surface area contributed by atoms with Crippen LogP contribution in [0.3, 0.4) is 0 Å². The first kappa shape index (κ1) is 27.1. The number of aromatic amines is 1. The molecule has 1 N–H and O–H groups in total. The molecule has 0 saturated carbocycles. The third-order valence-corrected chi connectivity index (χ3v) is 12.7. The zero-order valence-corrected chi connectivity index (χ0v) is 28.1. The maximum Gasteiger partial charge on any atom is 0.0516 e. The van der Waals surface area contributed by atoms with Crippen molar-refractivity contribution in [3.63, 3.8) is 0 Å². The van der Waals surface area contributed by atoms with Gasteiger partial charge in [0.25, 0.3) is 0 Å². The summed E-state index contributed by atoms with van der Waals surface area (Å²) < 4.78 is 1.13. The van der Waals surface area contributed by atoms with Gasteiger partial charge in [0.05, 0.1) is 5.52 Å². The summed E-state index contributed by atoms with van der Waals surface area (Å²) in [5.74, 6) is 0.463. The Morgan fingerprint density at radius 1 is 0.913 bits per heavy atom. The Morgan fingerprint density at radius 3 is 2.70 bits per heavy atom. The van der Waals surface area contributed by atoms with E-state index in [9.17, 15) is 0 Å².